The number of ether oxygens (including phenoxy) is 1. The van der Waals surface area contributed by atoms with E-state index in [0.717, 1.165) is 58.1 Å². The maximum atomic E-state index is 5.54. The maximum Gasteiger partial charge on any atom is 0.198 e. The SMILES string of the molecule is CCNC(=NCC1(SC)CCOCC1)N1CCc2ccccc21. The van der Waals surface area contributed by atoms with Crippen LogP contribution in [0.3, 0.4) is 0 Å². The van der Waals surface area contributed by atoms with Gasteiger partial charge in [-0.1, -0.05) is 18.2 Å². The summed E-state index contributed by atoms with van der Waals surface area (Å²) in [5.41, 5.74) is 2.72. The first-order valence-electron chi connectivity index (χ1n) is 8.55. The van der Waals surface area contributed by atoms with E-state index in [4.69, 9.17) is 9.73 Å². The van der Waals surface area contributed by atoms with E-state index in [0.29, 0.717) is 0 Å². The van der Waals surface area contributed by atoms with Gasteiger partial charge in [-0.25, -0.2) is 0 Å². The molecule has 0 saturated carbocycles. The second-order valence-electron chi connectivity index (χ2n) is 6.20. The zero-order chi connectivity index (χ0) is 16.1. The van der Waals surface area contributed by atoms with Crippen molar-refractivity contribution >= 4 is 23.4 Å². The third-order valence-electron chi connectivity index (χ3n) is 4.83. The van der Waals surface area contributed by atoms with Crippen LogP contribution in [-0.4, -0.2) is 49.8 Å². The molecule has 2 aliphatic heterocycles. The molecule has 1 fully saturated rings. The number of rotatable bonds is 4. The number of hydrogen-bond acceptors (Lipinski definition) is 3. The maximum absolute atomic E-state index is 5.54. The Morgan fingerprint density at radius 1 is 1.35 bits per heavy atom. The van der Waals surface area contributed by atoms with Gasteiger partial charge in [0.05, 0.1) is 6.54 Å². The van der Waals surface area contributed by atoms with E-state index in [2.05, 4.69) is 47.7 Å². The van der Waals surface area contributed by atoms with Gasteiger partial charge in [-0.2, -0.15) is 11.8 Å². The van der Waals surface area contributed by atoms with Crippen LogP contribution < -0.4 is 10.2 Å². The summed E-state index contributed by atoms with van der Waals surface area (Å²) in [6, 6.07) is 8.66. The smallest absolute Gasteiger partial charge is 0.198 e. The van der Waals surface area contributed by atoms with Gasteiger partial charge in [-0.05, 0) is 44.1 Å². The Kier molecular flexibility index (Phi) is 5.49. The molecule has 1 aromatic carbocycles. The molecule has 5 heteroatoms. The second-order valence-corrected chi connectivity index (χ2v) is 7.47. The van der Waals surface area contributed by atoms with Crippen molar-refractivity contribution in [3.63, 3.8) is 0 Å². The van der Waals surface area contributed by atoms with E-state index in [1.807, 2.05) is 11.8 Å². The molecule has 4 nitrogen and oxygen atoms in total. The van der Waals surface area contributed by atoms with Crippen molar-refractivity contribution in [2.24, 2.45) is 4.99 Å². The fourth-order valence-electron chi connectivity index (χ4n) is 3.34. The number of fused-ring (bicyclic) bond motifs is 1. The van der Waals surface area contributed by atoms with Crippen molar-refractivity contribution in [3.8, 4) is 0 Å². The predicted molar refractivity (Wildman–Crippen MR) is 99.8 cm³/mol. The van der Waals surface area contributed by atoms with Crippen LogP contribution in [0.5, 0.6) is 0 Å². The normalized spacial score (nSPS) is 20.4. The van der Waals surface area contributed by atoms with Crippen LogP contribution in [0.1, 0.15) is 25.3 Å². The number of thioether (sulfide) groups is 1. The molecule has 3 rings (SSSR count). The minimum atomic E-state index is 0.234. The van der Waals surface area contributed by atoms with Crippen molar-refractivity contribution in [1.82, 2.24) is 5.32 Å². The summed E-state index contributed by atoms with van der Waals surface area (Å²) in [4.78, 5) is 7.36. The number of para-hydroxylation sites is 1. The Balaban J connectivity index is 1.79. The van der Waals surface area contributed by atoms with Crippen LogP contribution in [0.15, 0.2) is 29.3 Å². The van der Waals surface area contributed by atoms with Crippen LogP contribution in [0.2, 0.25) is 0 Å². The zero-order valence-electron chi connectivity index (χ0n) is 14.2. The van der Waals surface area contributed by atoms with Crippen molar-refractivity contribution < 1.29 is 4.74 Å². The number of aliphatic imine (C=N–C) groups is 1. The molecule has 1 aromatic rings. The van der Waals surface area contributed by atoms with Gasteiger partial charge in [-0.15, -0.1) is 0 Å². The summed E-state index contributed by atoms with van der Waals surface area (Å²) in [7, 11) is 0. The molecule has 2 heterocycles. The van der Waals surface area contributed by atoms with Gasteiger partial charge < -0.3 is 15.0 Å². The van der Waals surface area contributed by atoms with Crippen LogP contribution in [0.4, 0.5) is 5.69 Å². The predicted octanol–water partition coefficient (Wildman–Crippen LogP) is 2.93. The van der Waals surface area contributed by atoms with Crippen LogP contribution in [0.25, 0.3) is 0 Å². The lowest BCUT2D eigenvalue weighted by atomic mass is 9.99. The molecule has 0 radical (unpaired) electrons. The number of nitrogens with zero attached hydrogens (tertiary/aromatic N) is 2. The molecule has 1 N–H and O–H groups in total. The van der Waals surface area contributed by atoms with E-state index in [9.17, 15) is 0 Å². The van der Waals surface area contributed by atoms with Crippen molar-refractivity contribution in [2.45, 2.75) is 30.9 Å². The van der Waals surface area contributed by atoms with Crippen LogP contribution >= 0.6 is 11.8 Å². The minimum absolute atomic E-state index is 0.234. The van der Waals surface area contributed by atoms with E-state index in [-0.39, 0.29) is 4.75 Å². The molecule has 126 valence electrons. The minimum Gasteiger partial charge on any atom is -0.381 e. The summed E-state index contributed by atoms with van der Waals surface area (Å²) in [6.07, 6.45) is 5.49. The van der Waals surface area contributed by atoms with Gasteiger partial charge in [-0.3, -0.25) is 4.99 Å². The molecule has 0 spiro atoms. The first kappa shape index (κ1) is 16.7. The van der Waals surface area contributed by atoms with Crippen molar-refractivity contribution in [2.75, 3.05) is 44.0 Å². The highest BCUT2D eigenvalue weighted by Crippen LogP contribution is 2.34. The molecule has 0 aliphatic carbocycles. The topological polar surface area (TPSA) is 36.9 Å². The average Bonchev–Trinajstić information content (AvgIpc) is 3.03. The highest BCUT2D eigenvalue weighted by molar-refractivity contribution is 8.00. The molecule has 1 saturated heterocycles. The Hall–Kier alpha value is -1.20. The van der Waals surface area contributed by atoms with Gasteiger partial charge >= 0.3 is 0 Å². The standard InChI is InChI=1S/C18H27N3OS/c1-3-19-17(20-14-18(23-2)9-12-22-13-10-18)21-11-8-15-6-4-5-7-16(15)21/h4-7H,3,8-14H2,1-2H3,(H,19,20). The molecule has 0 unspecified atom stereocenters. The number of anilines is 1. The number of benzene rings is 1. The summed E-state index contributed by atoms with van der Waals surface area (Å²) in [5, 5.41) is 3.48. The lowest BCUT2D eigenvalue weighted by molar-refractivity contribution is 0.0794. The summed E-state index contributed by atoms with van der Waals surface area (Å²) >= 11 is 1.95. The molecule has 23 heavy (non-hydrogen) atoms. The fraction of sp³-hybridized carbons (Fsp3) is 0.611. The molecule has 2 aliphatic rings. The van der Waals surface area contributed by atoms with E-state index in [1.54, 1.807) is 0 Å². The quantitative estimate of drug-likeness (QED) is 0.679. The average molecular weight is 334 g/mol. The highest BCUT2D eigenvalue weighted by atomic mass is 32.2. The first-order chi connectivity index (χ1) is 11.3. The molecule has 0 atom stereocenters. The van der Waals surface area contributed by atoms with Crippen LogP contribution in [-0.2, 0) is 11.2 Å². The van der Waals surface area contributed by atoms with E-state index >= 15 is 0 Å². The molecular weight excluding hydrogens is 306 g/mol. The fourth-order valence-corrected chi connectivity index (χ4v) is 4.11. The Bertz CT molecular complexity index is 555. The second kappa shape index (κ2) is 7.58. The third kappa shape index (κ3) is 3.66. The summed E-state index contributed by atoms with van der Waals surface area (Å²) in [6.45, 7) is 6.63. The number of guanidine groups is 1. The largest absolute Gasteiger partial charge is 0.381 e. The van der Waals surface area contributed by atoms with Crippen molar-refractivity contribution in [1.29, 1.82) is 0 Å². The molecule has 0 aromatic heterocycles. The van der Waals surface area contributed by atoms with Gasteiger partial charge in [0.2, 0.25) is 0 Å². The van der Waals surface area contributed by atoms with E-state index < -0.39 is 0 Å². The Morgan fingerprint density at radius 3 is 2.87 bits per heavy atom. The third-order valence-corrected chi connectivity index (χ3v) is 6.24. The first-order valence-corrected chi connectivity index (χ1v) is 9.77. The monoisotopic (exact) mass is 333 g/mol. The number of hydrogen-bond donors (Lipinski definition) is 1. The van der Waals surface area contributed by atoms with Crippen molar-refractivity contribution in [3.05, 3.63) is 29.8 Å². The Labute approximate surface area is 143 Å². The zero-order valence-corrected chi connectivity index (χ0v) is 15.0. The lowest BCUT2D eigenvalue weighted by Crippen LogP contribution is -2.43. The van der Waals surface area contributed by atoms with E-state index in [1.165, 1.54) is 11.3 Å². The molecule has 0 amide bonds. The molecular formula is C18H27N3OS. The molecule has 0 bridgehead atoms. The lowest BCUT2D eigenvalue weighted by Gasteiger charge is -2.34. The Morgan fingerprint density at radius 2 is 2.13 bits per heavy atom. The highest BCUT2D eigenvalue weighted by Gasteiger charge is 2.32. The van der Waals surface area contributed by atoms with Gasteiger partial charge in [0.25, 0.3) is 0 Å². The van der Waals surface area contributed by atoms with Gasteiger partial charge in [0, 0.05) is 36.7 Å². The van der Waals surface area contributed by atoms with Gasteiger partial charge in [0.15, 0.2) is 5.96 Å². The van der Waals surface area contributed by atoms with Crippen LogP contribution in [0, 0.1) is 0 Å². The summed E-state index contributed by atoms with van der Waals surface area (Å²) < 4.78 is 5.77. The number of nitrogens with one attached hydrogen (secondary N) is 1. The van der Waals surface area contributed by atoms with Gasteiger partial charge in [0.1, 0.15) is 0 Å². The summed E-state index contributed by atoms with van der Waals surface area (Å²) in [5.74, 6) is 1.03.